The number of rotatable bonds is 10. The molecule has 2 radical (unpaired) electrons. The second-order valence-corrected chi connectivity index (χ2v) is 6.46. The SMILES string of the molecule is [2H][Si]([B])(OCC[C@H](CO)OCc1ccc(OC)cc1)P[3H]. The highest BCUT2D eigenvalue weighted by Crippen LogP contribution is 2.13. The van der Waals surface area contributed by atoms with E-state index in [0.717, 1.165) is 11.3 Å². The zero-order valence-electron chi connectivity index (χ0n) is 13.0. The summed E-state index contributed by atoms with van der Waals surface area (Å²) in [5.41, 5.74) is 0.978. The van der Waals surface area contributed by atoms with Crippen molar-refractivity contribution in [2.45, 2.75) is 19.1 Å². The van der Waals surface area contributed by atoms with Crippen LogP contribution in [0.4, 0.5) is 0 Å². The molecule has 1 aromatic carbocycles. The lowest BCUT2D eigenvalue weighted by Gasteiger charge is -2.16. The summed E-state index contributed by atoms with van der Waals surface area (Å²) in [4.78, 5) is 0. The Hall–Kier alpha value is -0.388. The first-order valence-corrected chi connectivity index (χ1v) is 8.96. The van der Waals surface area contributed by atoms with Crippen LogP contribution in [0.25, 0.3) is 0 Å². The number of hydrogen-bond acceptors (Lipinski definition) is 4. The summed E-state index contributed by atoms with van der Waals surface area (Å²) in [6.07, 6.45) is 0.0769. The van der Waals surface area contributed by atoms with Crippen molar-refractivity contribution in [2.24, 2.45) is 0 Å². The molecule has 104 valence electrons. The van der Waals surface area contributed by atoms with Gasteiger partial charge in [-0.2, -0.15) is 0 Å². The van der Waals surface area contributed by atoms with Gasteiger partial charge in [0.15, 0.2) is 0 Å². The molecule has 2 unspecified atom stereocenters. The maximum Gasteiger partial charge on any atom is 0.145 e. The molecule has 1 aromatic rings. The Morgan fingerprint density at radius 1 is 1.58 bits per heavy atom. The largest absolute Gasteiger partial charge is 0.497 e. The molecule has 19 heavy (non-hydrogen) atoms. The van der Waals surface area contributed by atoms with Gasteiger partial charge in [-0.3, -0.25) is 0 Å². The second kappa shape index (κ2) is 9.51. The molecule has 0 saturated heterocycles. The number of aliphatic hydroxyl groups is 1. The average Bonchev–Trinajstić information content (AvgIpc) is 2.51. The highest BCUT2D eigenvalue weighted by Gasteiger charge is 2.08. The van der Waals surface area contributed by atoms with E-state index in [1.165, 1.54) is 0 Å². The van der Waals surface area contributed by atoms with E-state index in [1.54, 1.807) is 7.11 Å². The van der Waals surface area contributed by atoms with Crippen molar-refractivity contribution < 1.29 is 19.0 Å². The third-order valence-electron chi connectivity index (χ3n) is 2.55. The molecule has 0 amide bonds. The lowest BCUT2D eigenvalue weighted by molar-refractivity contribution is -0.00846. The predicted octanol–water partition coefficient (Wildman–Crippen LogP) is 0.740. The Morgan fingerprint density at radius 2 is 2.32 bits per heavy atom. The van der Waals surface area contributed by atoms with E-state index >= 15 is 0 Å². The monoisotopic (exact) mass is 301 g/mol. The molecule has 0 heterocycles. The minimum absolute atomic E-state index is 0.125. The number of methoxy groups -OCH3 is 1. The van der Waals surface area contributed by atoms with E-state index in [1.807, 2.05) is 24.3 Å². The van der Waals surface area contributed by atoms with Crippen LogP contribution >= 0.6 is 8.73 Å². The normalized spacial score (nSPS) is 17.8. The van der Waals surface area contributed by atoms with Crippen molar-refractivity contribution >= 4 is 24.7 Å². The summed E-state index contributed by atoms with van der Waals surface area (Å²) in [7, 11) is 3.64. The summed E-state index contributed by atoms with van der Waals surface area (Å²) in [6.45, 7) is 0.479. The topological polar surface area (TPSA) is 47.9 Å². The van der Waals surface area contributed by atoms with Crippen LogP contribution in [0, 0.1) is 0 Å². The molecule has 0 aliphatic rings. The molecule has 4 nitrogen and oxygen atoms in total. The molecule has 0 spiro atoms. The maximum atomic E-state index is 9.27. The van der Waals surface area contributed by atoms with Crippen molar-refractivity contribution in [3.63, 3.8) is 0 Å². The van der Waals surface area contributed by atoms with Crippen LogP contribution in [0.3, 0.4) is 0 Å². The molecule has 0 saturated carbocycles. The average molecular weight is 301 g/mol. The van der Waals surface area contributed by atoms with Crippen molar-refractivity contribution in [1.29, 1.82) is 2.51 Å². The van der Waals surface area contributed by atoms with Crippen molar-refractivity contribution in [3.05, 3.63) is 29.8 Å². The predicted molar refractivity (Wildman–Crippen MR) is 81.8 cm³/mol. The van der Waals surface area contributed by atoms with Gasteiger partial charge in [-0.1, -0.05) is 12.1 Å². The van der Waals surface area contributed by atoms with Gasteiger partial charge in [-0.05, 0) is 24.1 Å². The van der Waals surface area contributed by atoms with Crippen LogP contribution in [0.2, 0.25) is 0 Å². The van der Waals surface area contributed by atoms with E-state index in [-0.39, 0.29) is 19.3 Å². The molecule has 0 fully saturated rings. The zero-order chi connectivity index (χ0) is 15.7. The molecule has 1 rings (SSSR count). The number of aliphatic hydroxyl groups excluding tert-OH is 1. The summed E-state index contributed by atoms with van der Waals surface area (Å²) in [5.74, 6) is 0.779. The van der Waals surface area contributed by atoms with Crippen LogP contribution < -0.4 is 4.74 Å². The quantitative estimate of drug-likeness (QED) is 0.511. The summed E-state index contributed by atoms with van der Waals surface area (Å²) in [5, 5.41) is 9.27. The van der Waals surface area contributed by atoms with Gasteiger partial charge >= 0.3 is 0 Å². The lowest BCUT2D eigenvalue weighted by Crippen LogP contribution is -2.22. The molecule has 0 aliphatic carbocycles. The fraction of sp³-hybridized carbons (Fsp3) is 0.500. The summed E-state index contributed by atoms with van der Waals surface area (Å²) < 4.78 is 30.5. The molecule has 1 N–H and O–H groups in total. The first-order chi connectivity index (χ1) is 10.0. The number of ether oxygens (including phenoxy) is 2. The van der Waals surface area contributed by atoms with Gasteiger partial charge in [-0.15, -0.1) is 8.73 Å². The van der Waals surface area contributed by atoms with Crippen LogP contribution in [0.5, 0.6) is 5.75 Å². The third kappa shape index (κ3) is 7.09. The minimum Gasteiger partial charge on any atom is -0.497 e. The molecule has 3 atom stereocenters. The summed E-state index contributed by atoms with van der Waals surface area (Å²) in [6, 6.07) is 7.48. The minimum atomic E-state index is -3.06. The Labute approximate surface area is 122 Å². The van der Waals surface area contributed by atoms with Gasteiger partial charge in [0.25, 0.3) is 0 Å². The van der Waals surface area contributed by atoms with E-state index in [2.05, 4.69) is 0 Å². The third-order valence-corrected chi connectivity index (χ3v) is 3.49. The molecule has 0 bridgehead atoms. The van der Waals surface area contributed by atoms with Gasteiger partial charge in [0.1, 0.15) is 14.3 Å². The number of hydrogen-bond donors (Lipinski definition) is 1. The van der Waals surface area contributed by atoms with Gasteiger partial charge < -0.3 is 19.0 Å². The highest BCUT2D eigenvalue weighted by molar-refractivity contribution is 7.70. The van der Waals surface area contributed by atoms with Crippen LogP contribution in [0.15, 0.2) is 24.3 Å². The Balaban J connectivity index is 2.33. The van der Waals surface area contributed by atoms with Crippen molar-refractivity contribution in [3.8, 4) is 5.75 Å². The zero-order valence-corrected chi connectivity index (χ0v) is 13.0. The lowest BCUT2D eigenvalue weighted by atomic mass is 10.2. The smallest absolute Gasteiger partial charge is 0.145 e. The van der Waals surface area contributed by atoms with Gasteiger partial charge in [0.2, 0.25) is 0 Å². The van der Waals surface area contributed by atoms with Crippen LogP contribution in [-0.4, -0.2) is 50.0 Å². The fourth-order valence-corrected chi connectivity index (χ4v) is 2.11. The second-order valence-electron chi connectivity index (χ2n) is 3.97. The van der Waals surface area contributed by atoms with Gasteiger partial charge in [0.05, 0.1) is 35.1 Å². The van der Waals surface area contributed by atoms with Crippen molar-refractivity contribution in [1.82, 2.24) is 0 Å². The standard InChI is InChI=1S/C12H20BO4PSi/c1-15-11-4-2-10(3-5-11)9-16-12(8-14)6-7-17-19(13)18/h2-5,12,14,19H,6-9,18H2,1H3/t12-,19?/m1/s1/i18T,19D/t12-,18?,19?. The van der Waals surface area contributed by atoms with Crippen LogP contribution in [0.1, 0.15) is 12.0 Å². The Kier molecular flexibility index (Phi) is 6.80. The first kappa shape index (κ1) is 13.6. The molecular formula is C12H20BO4PSi. The van der Waals surface area contributed by atoms with E-state index in [9.17, 15) is 5.11 Å². The Bertz CT molecular complexity index is 411. The Morgan fingerprint density at radius 3 is 2.89 bits per heavy atom. The highest BCUT2D eigenvalue weighted by atomic mass is 31.3. The van der Waals surface area contributed by atoms with E-state index < -0.39 is 17.2 Å². The molecule has 0 aromatic heterocycles. The molecule has 0 aliphatic heterocycles. The van der Waals surface area contributed by atoms with E-state index in [0.29, 0.717) is 13.0 Å². The summed E-state index contributed by atoms with van der Waals surface area (Å²) >= 11 is 0. The molecular weight excluding hydrogens is 278 g/mol. The van der Waals surface area contributed by atoms with Gasteiger partial charge in [0, 0.05) is 7.84 Å². The first-order valence-electron chi connectivity index (χ1n) is 6.98. The fourth-order valence-electron chi connectivity index (χ4n) is 1.46. The van der Waals surface area contributed by atoms with E-state index in [4.69, 9.17) is 23.9 Å². The maximum absolute atomic E-state index is 9.27. The van der Waals surface area contributed by atoms with Crippen molar-refractivity contribution in [2.75, 3.05) is 20.3 Å². The van der Waals surface area contributed by atoms with Crippen LogP contribution in [-0.2, 0) is 15.8 Å². The number of benzene rings is 1. The van der Waals surface area contributed by atoms with Gasteiger partial charge in [-0.25, -0.2) is 0 Å². The molecule has 7 heteroatoms.